The number of pyridine rings is 1. The van der Waals surface area contributed by atoms with E-state index in [4.69, 9.17) is 26.8 Å². The largest absolute Gasteiger partial charge is 0.486 e. The fourth-order valence-corrected chi connectivity index (χ4v) is 4.69. The molecule has 2 amide bonds. The molecule has 0 bridgehead atoms. The lowest BCUT2D eigenvalue weighted by Crippen LogP contribution is -2.40. The van der Waals surface area contributed by atoms with Crippen LogP contribution in [-0.2, 0) is 16.0 Å². The molecule has 0 radical (unpaired) electrons. The molecule has 1 aromatic heterocycles. The molecule has 0 saturated carbocycles. The van der Waals surface area contributed by atoms with E-state index in [1.807, 2.05) is 41.3 Å². The number of nitrogen functional groups attached to an aromatic ring is 1. The molecule has 37 heavy (non-hydrogen) atoms. The number of hydrogen-bond acceptors (Lipinski definition) is 6. The Labute approximate surface area is 220 Å². The maximum atomic E-state index is 12.9. The molecule has 0 spiro atoms. The lowest BCUT2D eigenvalue weighted by molar-refractivity contribution is -0.116. The number of fused-ring (bicyclic) bond motifs is 1. The number of carbonyl (C=O) groups is 2. The highest BCUT2D eigenvalue weighted by Gasteiger charge is 2.26. The molecule has 5 rings (SSSR count). The van der Waals surface area contributed by atoms with Gasteiger partial charge in [-0.2, -0.15) is 0 Å². The fourth-order valence-electron chi connectivity index (χ4n) is 4.41. The Balaban J connectivity index is 1.23. The van der Waals surface area contributed by atoms with E-state index in [9.17, 15) is 9.59 Å². The van der Waals surface area contributed by atoms with E-state index < -0.39 is 0 Å². The van der Waals surface area contributed by atoms with Crippen LogP contribution in [0.15, 0.2) is 60.8 Å². The zero-order valence-corrected chi connectivity index (χ0v) is 20.9. The Morgan fingerprint density at radius 1 is 1.14 bits per heavy atom. The second kappa shape index (κ2) is 11.0. The third-order valence-electron chi connectivity index (χ3n) is 6.33. The molecule has 2 aliphatic heterocycles. The van der Waals surface area contributed by atoms with Crippen LogP contribution < -0.4 is 15.8 Å². The number of nitrogens with two attached hydrogens (primary N) is 1. The first-order valence-electron chi connectivity index (χ1n) is 12.1. The average Bonchev–Trinajstić information content (AvgIpc) is 3.35. The molecule has 3 aromatic rings. The summed E-state index contributed by atoms with van der Waals surface area (Å²) in [6.45, 7) is 2.65. The summed E-state index contributed by atoms with van der Waals surface area (Å²) in [6.07, 6.45) is 5.11. The summed E-state index contributed by atoms with van der Waals surface area (Å²) < 4.78 is 11.4. The summed E-state index contributed by atoms with van der Waals surface area (Å²) in [4.78, 5) is 31.0. The highest BCUT2D eigenvalue weighted by molar-refractivity contribution is 6.32. The smallest absolute Gasteiger partial charge is 0.254 e. The zero-order chi connectivity index (χ0) is 25.8. The van der Waals surface area contributed by atoms with Crippen LogP contribution in [0.2, 0.25) is 5.02 Å². The number of nitrogens with zero attached hydrogens (tertiary/aromatic N) is 2. The van der Waals surface area contributed by atoms with Crippen LogP contribution in [0.4, 0.5) is 5.82 Å². The predicted octanol–water partition coefficient (Wildman–Crippen LogP) is 3.59. The molecule has 1 fully saturated rings. The standard InChI is InChI=1S/C28H27ClN4O4/c29-24-15-21(19-2-1-3-20(12-19)28(35)33-8-10-36-11-9-33)13-22-14-23(37-27(22)24)17-32-26(34)7-5-18-4-6-25(30)31-16-18/h1-7,12-13,15-16,23H,8-11,14,17H2,(H2,30,31)(H,32,34)/b7-5+. The third-order valence-corrected chi connectivity index (χ3v) is 6.61. The summed E-state index contributed by atoms with van der Waals surface area (Å²) in [6, 6.07) is 14.9. The number of halogens is 1. The predicted molar refractivity (Wildman–Crippen MR) is 142 cm³/mol. The molecule has 2 aromatic carbocycles. The number of ether oxygens (including phenoxy) is 2. The highest BCUT2D eigenvalue weighted by Crippen LogP contribution is 2.39. The van der Waals surface area contributed by atoms with E-state index in [0.29, 0.717) is 61.4 Å². The summed E-state index contributed by atoms with van der Waals surface area (Å²) in [5, 5.41) is 3.37. The summed E-state index contributed by atoms with van der Waals surface area (Å²) in [5.74, 6) is 0.826. The van der Waals surface area contributed by atoms with E-state index in [2.05, 4.69) is 10.3 Å². The van der Waals surface area contributed by atoms with Crippen LogP contribution in [0, 0.1) is 0 Å². The lowest BCUT2D eigenvalue weighted by atomic mass is 9.99. The van der Waals surface area contributed by atoms with Gasteiger partial charge in [-0.1, -0.05) is 23.7 Å². The molecular formula is C28H27ClN4O4. The van der Waals surface area contributed by atoms with Gasteiger partial charge in [0.2, 0.25) is 5.91 Å². The van der Waals surface area contributed by atoms with Gasteiger partial charge in [0.05, 0.1) is 24.8 Å². The zero-order valence-electron chi connectivity index (χ0n) is 20.2. The van der Waals surface area contributed by atoms with Gasteiger partial charge in [0.15, 0.2) is 0 Å². The van der Waals surface area contributed by atoms with Crippen molar-refractivity contribution >= 4 is 35.3 Å². The second-order valence-corrected chi connectivity index (χ2v) is 9.38. The Morgan fingerprint density at radius 3 is 2.76 bits per heavy atom. The van der Waals surface area contributed by atoms with Crippen molar-refractivity contribution in [3.8, 4) is 16.9 Å². The highest BCUT2D eigenvalue weighted by atomic mass is 35.5. The summed E-state index contributed by atoms with van der Waals surface area (Å²) in [5.41, 5.74) is 9.78. The molecule has 190 valence electrons. The number of rotatable bonds is 6. The molecule has 1 atom stereocenters. The van der Waals surface area contributed by atoms with Crippen molar-refractivity contribution in [2.45, 2.75) is 12.5 Å². The minimum atomic E-state index is -0.232. The minimum Gasteiger partial charge on any atom is -0.486 e. The number of nitrogens with one attached hydrogen (secondary N) is 1. The summed E-state index contributed by atoms with van der Waals surface area (Å²) >= 11 is 6.58. The monoisotopic (exact) mass is 518 g/mol. The van der Waals surface area contributed by atoms with Crippen LogP contribution in [-0.4, -0.2) is 60.7 Å². The van der Waals surface area contributed by atoms with Gasteiger partial charge >= 0.3 is 0 Å². The van der Waals surface area contributed by atoms with E-state index in [-0.39, 0.29) is 17.9 Å². The normalized spacial score (nSPS) is 16.9. The first-order chi connectivity index (χ1) is 18.0. The number of aromatic nitrogens is 1. The van der Waals surface area contributed by atoms with Crippen LogP contribution in [0.3, 0.4) is 0 Å². The molecule has 3 heterocycles. The van der Waals surface area contributed by atoms with Crippen molar-refractivity contribution in [3.05, 3.63) is 82.5 Å². The maximum absolute atomic E-state index is 12.9. The van der Waals surface area contributed by atoms with Crippen molar-refractivity contribution in [1.82, 2.24) is 15.2 Å². The van der Waals surface area contributed by atoms with Gasteiger partial charge in [0, 0.05) is 42.9 Å². The van der Waals surface area contributed by atoms with Gasteiger partial charge in [-0.25, -0.2) is 4.98 Å². The molecule has 2 aliphatic rings. The first kappa shape index (κ1) is 24.8. The van der Waals surface area contributed by atoms with E-state index >= 15 is 0 Å². The van der Waals surface area contributed by atoms with Gasteiger partial charge in [-0.15, -0.1) is 0 Å². The van der Waals surface area contributed by atoms with Gasteiger partial charge in [0.1, 0.15) is 17.7 Å². The molecule has 1 unspecified atom stereocenters. The molecular weight excluding hydrogens is 492 g/mol. The van der Waals surface area contributed by atoms with Gasteiger partial charge < -0.3 is 25.4 Å². The topological polar surface area (TPSA) is 107 Å². The third kappa shape index (κ3) is 5.93. The van der Waals surface area contributed by atoms with E-state index in [1.54, 1.807) is 24.4 Å². The van der Waals surface area contributed by atoms with Crippen molar-refractivity contribution in [3.63, 3.8) is 0 Å². The quantitative estimate of drug-likeness (QED) is 0.483. The minimum absolute atomic E-state index is 0.00162. The molecule has 1 saturated heterocycles. The fraction of sp³-hybridized carbons (Fsp3) is 0.250. The van der Waals surface area contributed by atoms with Gasteiger partial charge in [0.25, 0.3) is 5.91 Å². The first-order valence-corrected chi connectivity index (χ1v) is 12.5. The Morgan fingerprint density at radius 2 is 1.97 bits per heavy atom. The number of benzene rings is 2. The van der Waals surface area contributed by atoms with Crippen LogP contribution >= 0.6 is 11.6 Å². The number of hydrogen-bond donors (Lipinski definition) is 2. The van der Waals surface area contributed by atoms with Gasteiger partial charge in [-0.3, -0.25) is 9.59 Å². The van der Waals surface area contributed by atoms with E-state index in [1.165, 1.54) is 6.08 Å². The molecule has 9 heteroatoms. The number of morpholine rings is 1. The number of carbonyl (C=O) groups excluding carboxylic acids is 2. The Kier molecular flexibility index (Phi) is 7.39. The van der Waals surface area contributed by atoms with E-state index in [0.717, 1.165) is 22.3 Å². The molecule has 3 N–H and O–H groups in total. The number of anilines is 1. The van der Waals surface area contributed by atoms with Crippen molar-refractivity contribution in [1.29, 1.82) is 0 Å². The molecule has 8 nitrogen and oxygen atoms in total. The average molecular weight is 519 g/mol. The second-order valence-electron chi connectivity index (χ2n) is 8.97. The molecule has 0 aliphatic carbocycles. The van der Waals surface area contributed by atoms with Crippen molar-refractivity contribution < 1.29 is 19.1 Å². The SMILES string of the molecule is Nc1ccc(/C=C/C(=O)NCC2Cc3cc(-c4cccc(C(=O)N5CCOCC5)c4)cc(Cl)c3O2)cn1. The number of amides is 2. The van der Waals surface area contributed by atoms with Gasteiger partial charge in [-0.05, 0) is 59.2 Å². The van der Waals surface area contributed by atoms with Crippen LogP contribution in [0.25, 0.3) is 17.2 Å². The van der Waals surface area contributed by atoms with Crippen molar-refractivity contribution in [2.24, 2.45) is 0 Å². The van der Waals surface area contributed by atoms with Crippen molar-refractivity contribution in [2.75, 3.05) is 38.6 Å². The summed E-state index contributed by atoms with van der Waals surface area (Å²) in [7, 11) is 0. The maximum Gasteiger partial charge on any atom is 0.254 e. The van der Waals surface area contributed by atoms with Crippen LogP contribution in [0.5, 0.6) is 5.75 Å². The Bertz CT molecular complexity index is 1340. The lowest BCUT2D eigenvalue weighted by Gasteiger charge is -2.27. The Hall–Kier alpha value is -3.88. The van der Waals surface area contributed by atoms with Crippen LogP contribution in [0.1, 0.15) is 21.5 Å².